The van der Waals surface area contributed by atoms with Crippen molar-refractivity contribution in [2.75, 3.05) is 13.4 Å². The smallest absolute Gasteiger partial charge is 0.212 e. The van der Waals surface area contributed by atoms with Gasteiger partial charge in [-0.1, -0.05) is 12.5 Å². The first-order valence-corrected chi connectivity index (χ1v) is 7.85. The quantitative estimate of drug-likeness (QED) is 0.888. The number of ether oxygens (including phenoxy) is 1. The number of hydrogen-bond acceptors (Lipinski definition) is 4. The average Bonchev–Trinajstić information content (AvgIpc) is 2.46. The van der Waals surface area contributed by atoms with Gasteiger partial charge in [-0.05, 0) is 31.1 Å². The molecule has 0 aromatic carbocycles. The molecule has 0 saturated heterocycles. The summed E-state index contributed by atoms with van der Waals surface area (Å²) >= 11 is 2.01. The molecule has 1 aromatic heterocycles. The maximum atomic E-state index is 5.06. The minimum Gasteiger partial charge on any atom is -0.481 e. The molecule has 3 nitrogen and oxygen atoms in total. The Morgan fingerprint density at radius 3 is 3.00 bits per heavy atom. The van der Waals surface area contributed by atoms with Crippen molar-refractivity contribution in [3.63, 3.8) is 0 Å². The first kappa shape index (κ1) is 13.7. The number of hydrogen-bond donors (Lipinski definition) is 1. The predicted octanol–water partition coefficient (Wildman–Crippen LogP) is 2.85. The average molecular weight is 266 g/mol. The van der Waals surface area contributed by atoms with E-state index in [-0.39, 0.29) is 0 Å². The molecule has 100 valence electrons. The molecule has 2 unspecified atom stereocenters. The molecule has 0 bridgehead atoms. The number of nitrogens with zero attached hydrogens (tertiary/aromatic N) is 1. The SMILES string of the molecule is COc1ccc(CNC2CCCC(SC)C2)cn1. The second-order valence-electron chi connectivity index (χ2n) is 4.81. The molecule has 0 spiro atoms. The Labute approximate surface area is 114 Å². The summed E-state index contributed by atoms with van der Waals surface area (Å²) in [5, 5.41) is 4.48. The summed E-state index contributed by atoms with van der Waals surface area (Å²) in [5.41, 5.74) is 1.22. The Hall–Kier alpha value is -0.740. The molecule has 18 heavy (non-hydrogen) atoms. The van der Waals surface area contributed by atoms with Crippen LogP contribution in [0.3, 0.4) is 0 Å². The molecule has 0 radical (unpaired) electrons. The standard InChI is InChI=1S/C14H22N2OS/c1-17-14-7-6-11(10-16-14)9-15-12-4-3-5-13(8-12)18-2/h6-7,10,12-13,15H,3-5,8-9H2,1-2H3. The summed E-state index contributed by atoms with van der Waals surface area (Å²) in [6.07, 6.45) is 9.44. The Morgan fingerprint density at radius 2 is 2.33 bits per heavy atom. The lowest BCUT2D eigenvalue weighted by Gasteiger charge is -2.28. The van der Waals surface area contributed by atoms with Crippen molar-refractivity contribution in [2.24, 2.45) is 0 Å². The summed E-state index contributed by atoms with van der Waals surface area (Å²) in [7, 11) is 1.64. The monoisotopic (exact) mass is 266 g/mol. The predicted molar refractivity (Wildman–Crippen MR) is 77.2 cm³/mol. The van der Waals surface area contributed by atoms with Crippen LogP contribution in [0.15, 0.2) is 18.3 Å². The van der Waals surface area contributed by atoms with Crippen molar-refractivity contribution >= 4 is 11.8 Å². The van der Waals surface area contributed by atoms with Gasteiger partial charge in [0.15, 0.2) is 0 Å². The van der Waals surface area contributed by atoms with Gasteiger partial charge in [0.2, 0.25) is 5.88 Å². The number of thioether (sulfide) groups is 1. The first-order chi connectivity index (χ1) is 8.81. The lowest BCUT2D eigenvalue weighted by molar-refractivity contribution is 0.378. The van der Waals surface area contributed by atoms with Crippen molar-refractivity contribution in [3.05, 3.63) is 23.9 Å². The third-order valence-corrected chi connectivity index (χ3v) is 4.66. The largest absolute Gasteiger partial charge is 0.481 e. The Morgan fingerprint density at radius 1 is 1.44 bits per heavy atom. The molecule has 0 aliphatic heterocycles. The van der Waals surface area contributed by atoms with Crippen LogP contribution in [-0.2, 0) is 6.54 Å². The van der Waals surface area contributed by atoms with Crippen LogP contribution >= 0.6 is 11.8 Å². The summed E-state index contributed by atoms with van der Waals surface area (Å²) in [5.74, 6) is 0.680. The number of methoxy groups -OCH3 is 1. The van der Waals surface area contributed by atoms with Crippen LogP contribution in [0.25, 0.3) is 0 Å². The molecule has 1 saturated carbocycles. The highest BCUT2D eigenvalue weighted by Gasteiger charge is 2.20. The van der Waals surface area contributed by atoms with Gasteiger partial charge in [-0.3, -0.25) is 0 Å². The second-order valence-corrected chi connectivity index (χ2v) is 5.95. The molecular weight excluding hydrogens is 244 g/mol. The highest BCUT2D eigenvalue weighted by atomic mass is 32.2. The normalized spacial score (nSPS) is 23.9. The van der Waals surface area contributed by atoms with Gasteiger partial charge in [-0.15, -0.1) is 0 Å². The van der Waals surface area contributed by atoms with E-state index in [1.807, 2.05) is 24.0 Å². The molecule has 2 atom stereocenters. The van der Waals surface area contributed by atoms with Gasteiger partial charge in [-0.25, -0.2) is 4.98 Å². The number of aromatic nitrogens is 1. The maximum absolute atomic E-state index is 5.06. The summed E-state index contributed by atoms with van der Waals surface area (Å²) in [6.45, 7) is 0.906. The van der Waals surface area contributed by atoms with E-state index < -0.39 is 0 Å². The minimum atomic E-state index is 0.665. The van der Waals surface area contributed by atoms with Crippen molar-refractivity contribution in [1.29, 1.82) is 0 Å². The molecule has 1 aromatic rings. The molecule has 1 heterocycles. The van der Waals surface area contributed by atoms with Crippen LogP contribution < -0.4 is 10.1 Å². The Balaban J connectivity index is 1.79. The van der Waals surface area contributed by atoms with Crippen LogP contribution in [0.4, 0.5) is 0 Å². The fraction of sp³-hybridized carbons (Fsp3) is 0.643. The highest BCUT2D eigenvalue weighted by molar-refractivity contribution is 7.99. The van der Waals surface area contributed by atoms with E-state index in [1.165, 1.54) is 31.2 Å². The summed E-state index contributed by atoms with van der Waals surface area (Å²) in [6, 6.07) is 4.66. The second kappa shape index (κ2) is 7.00. The fourth-order valence-corrected chi connectivity index (χ4v) is 3.27. The van der Waals surface area contributed by atoms with Gasteiger partial charge < -0.3 is 10.1 Å². The van der Waals surface area contributed by atoms with E-state index in [1.54, 1.807) is 7.11 Å². The topological polar surface area (TPSA) is 34.1 Å². The molecule has 1 N–H and O–H groups in total. The van der Waals surface area contributed by atoms with Gasteiger partial charge in [0.25, 0.3) is 0 Å². The zero-order valence-electron chi connectivity index (χ0n) is 11.2. The van der Waals surface area contributed by atoms with Crippen LogP contribution in [-0.4, -0.2) is 29.6 Å². The van der Waals surface area contributed by atoms with Crippen molar-refractivity contribution in [1.82, 2.24) is 10.3 Å². The molecule has 2 rings (SSSR count). The van der Waals surface area contributed by atoms with Gasteiger partial charge in [0.05, 0.1) is 7.11 Å². The van der Waals surface area contributed by atoms with E-state index in [0.29, 0.717) is 11.9 Å². The zero-order chi connectivity index (χ0) is 12.8. The minimum absolute atomic E-state index is 0.665. The number of rotatable bonds is 5. The lowest BCUT2D eigenvalue weighted by Crippen LogP contribution is -2.34. The van der Waals surface area contributed by atoms with Gasteiger partial charge in [0.1, 0.15) is 0 Å². The van der Waals surface area contributed by atoms with Crippen molar-refractivity contribution in [2.45, 2.75) is 43.5 Å². The first-order valence-electron chi connectivity index (χ1n) is 6.57. The summed E-state index contributed by atoms with van der Waals surface area (Å²) in [4.78, 5) is 4.23. The number of nitrogens with one attached hydrogen (secondary N) is 1. The third kappa shape index (κ3) is 3.89. The van der Waals surface area contributed by atoms with Crippen molar-refractivity contribution in [3.8, 4) is 5.88 Å². The number of pyridine rings is 1. The van der Waals surface area contributed by atoms with E-state index in [4.69, 9.17) is 4.74 Å². The third-order valence-electron chi connectivity index (χ3n) is 3.56. The van der Waals surface area contributed by atoms with Crippen LogP contribution in [0.5, 0.6) is 5.88 Å². The van der Waals surface area contributed by atoms with Gasteiger partial charge in [0, 0.05) is 30.1 Å². The van der Waals surface area contributed by atoms with Gasteiger partial charge in [-0.2, -0.15) is 11.8 Å². The molecular formula is C14H22N2OS. The molecule has 4 heteroatoms. The zero-order valence-corrected chi connectivity index (χ0v) is 12.0. The van der Waals surface area contributed by atoms with Crippen LogP contribution in [0, 0.1) is 0 Å². The lowest BCUT2D eigenvalue weighted by atomic mass is 9.95. The van der Waals surface area contributed by atoms with E-state index >= 15 is 0 Å². The Bertz CT molecular complexity index is 355. The molecule has 0 amide bonds. The van der Waals surface area contributed by atoms with Crippen LogP contribution in [0.2, 0.25) is 0 Å². The fourth-order valence-electron chi connectivity index (χ4n) is 2.44. The van der Waals surface area contributed by atoms with Crippen LogP contribution in [0.1, 0.15) is 31.2 Å². The van der Waals surface area contributed by atoms with Crippen molar-refractivity contribution < 1.29 is 4.74 Å². The summed E-state index contributed by atoms with van der Waals surface area (Å²) < 4.78 is 5.06. The molecule has 1 aliphatic rings. The Kier molecular flexibility index (Phi) is 5.32. The maximum Gasteiger partial charge on any atom is 0.212 e. The highest BCUT2D eigenvalue weighted by Crippen LogP contribution is 2.27. The van der Waals surface area contributed by atoms with E-state index in [9.17, 15) is 0 Å². The van der Waals surface area contributed by atoms with E-state index in [2.05, 4.69) is 22.6 Å². The molecule has 1 fully saturated rings. The molecule has 1 aliphatic carbocycles. The van der Waals surface area contributed by atoms with Gasteiger partial charge >= 0.3 is 0 Å². The van der Waals surface area contributed by atoms with E-state index in [0.717, 1.165) is 11.8 Å².